The molecule has 0 aliphatic carbocycles. The molecule has 5 nitrogen and oxygen atoms in total. The number of carbonyl (C=O) groups excluding carboxylic acids is 2. The van der Waals surface area contributed by atoms with E-state index < -0.39 is 0 Å². The normalized spacial score (nSPS) is 12.3. The van der Waals surface area contributed by atoms with Gasteiger partial charge in [-0.1, -0.05) is 0 Å². The van der Waals surface area contributed by atoms with Crippen molar-refractivity contribution in [2.45, 2.75) is 6.04 Å². The lowest BCUT2D eigenvalue weighted by Gasteiger charge is -2.27. The van der Waals surface area contributed by atoms with Gasteiger partial charge in [0, 0.05) is 28.8 Å². The SMILES string of the molecule is CNC(=O)CN(C)C(=O)C(c1cc(Br)cs1)N(C)C. The van der Waals surface area contributed by atoms with Gasteiger partial charge in [0.2, 0.25) is 11.8 Å². The molecule has 1 aromatic rings. The number of carbonyl (C=O) groups is 2. The van der Waals surface area contributed by atoms with E-state index in [0.717, 1.165) is 9.35 Å². The number of rotatable bonds is 5. The second kappa shape index (κ2) is 7.02. The molecule has 0 saturated carbocycles. The number of halogens is 1. The predicted molar refractivity (Wildman–Crippen MR) is 80.2 cm³/mol. The van der Waals surface area contributed by atoms with Crippen molar-refractivity contribution < 1.29 is 9.59 Å². The summed E-state index contributed by atoms with van der Waals surface area (Å²) in [5.74, 6) is -0.274. The number of hydrogen-bond acceptors (Lipinski definition) is 4. The van der Waals surface area contributed by atoms with Gasteiger partial charge in [-0.15, -0.1) is 11.3 Å². The van der Waals surface area contributed by atoms with Gasteiger partial charge < -0.3 is 10.2 Å². The molecule has 0 radical (unpaired) electrons. The van der Waals surface area contributed by atoms with Crippen molar-refractivity contribution in [2.75, 3.05) is 34.7 Å². The average Bonchev–Trinajstić information content (AvgIpc) is 2.74. The molecule has 0 spiro atoms. The molecular weight excluding hydrogens is 330 g/mol. The van der Waals surface area contributed by atoms with Crippen molar-refractivity contribution in [3.63, 3.8) is 0 Å². The number of nitrogens with zero attached hydrogens (tertiary/aromatic N) is 2. The zero-order valence-electron chi connectivity index (χ0n) is 11.4. The van der Waals surface area contributed by atoms with Crippen LogP contribution in [0.15, 0.2) is 15.9 Å². The standard InChI is InChI=1S/C12H18BrN3O2S/c1-14-10(17)6-16(4)12(18)11(15(2)3)9-5-8(13)7-19-9/h5,7,11H,6H2,1-4H3,(H,14,17). The van der Waals surface area contributed by atoms with Crippen LogP contribution in [0.3, 0.4) is 0 Å². The Kier molecular flexibility index (Phi) is 5.96. The number of amides is 2. The number of nitrogens with one attached hydrogen (secondary N) is 1. The molecule has 0 bridgehead atoms. The van der Waals surface area contributed by atoms with E-state index in [4.69, 9.17) is 0 Å². The van der Waals surface area contributed by atoms with Gasteiger partial charge in [0.1, 0.15) is 6.04 Å². The van der Waals surface area contributed by atoms with Crippen LogP contribution in [0.4, 0.5) is 0 Å². The van der Waals surface area contributed by atoms with Crippen LogP contribution in [0.25, 0.3) is 0 Å². The minimum absolute atomic E-state index is 0.0617. The summed E-state index contributed by atoms with van der Waals surface area (Å²) in [6.45, 7) is 0.0617. The Bertz CT molecular complexity index is 462. The van der Waals surface area contributed by atoms with E-state index in [1.54, 1.807) is 14.1 Å². The first-order valence-electron chi connectivity index (χ1n) is 5.72. The molecule has 0 fully saturated rings. The van der Waals surface area contributed by atoms with Gasteiger partial charge in [0.25, 0.3) is 0 Å². The van der Waals surface area contributed by atoms with Gasteiger partial charge in [-0.25, -0.2) is 0 Å². The second-order valence-electron chi connectivity index (χ2n) is 4.40. The highest BCUT2D eigenvalue weighted by Crippen LogP contribution is 2.29. The molecule has 2 amide bonds. The molecule has 1 atom stereocenters. The molecule has 1 rings (SSSR count). The van der Waals surface area contributed by atoms with Crippen molar-refractivity contribution in [1.29, 1.82) is 0 Å². The van der Waals surface area contributed by atoms with Gasteiger partial charge in [0.15, 0.2) is 0 Å². The smallest absolute Gasteiger partial charge is 0.245 e. The third-order valence-electron chi connectivity index (χ3n) is 2.64. The predicted octanol–water partition coefficient (Wildman–Crippen LogP) is 1.32. The van der Waals surface area contributed by atoms with E-state index in [0.29, 0.717) is 0 Å². The van der Waals surface area contributed by atoms with Gasteiger partial charge in [-0.3, -0.25) is 14.5 Å². The van der Waals surface area contributed by atoms with Crippen LogP contribution in [-0.4, -0.2) is 56.3 Å². The Morgan fingerprint density at radius 3 is 2.47 bits per heavy atom. The second-order valence-corrected chi connectivity index (χ2v) is 6.26. The first kappa shape index (κ1) is 16.1. The molecule has 106 valence electrons. The van der Waals surface area contributed by atoms with Crippen molar-refractivity contribution in [3.8, 4) is 0 Å². The first-order valence-corrected chi connectivity index (χ1v) is 7.40. The fourth-order valence-corrected chi connectivity index (χ4v) is 3.28. The Morgan fingerprint density at radius 2 is 2.05 bits per heavy atom. The quantitative estimate of drug-likeness (QED) is 0.873. The van der Waals surface area contributed by atoms with Crippen LogP contribution < -0.4 is 5.32 Å². The third-order valence-corrected chi connectivity index (χ3v) is 4.39. The summed E-state index contributed by atoms with van der Waals surface area (Å²) in [4.78, 5) is 28.0. The maximum absolute atomic E-state index is 12.4. The summed E-state index contributed by atoms with van der Waals surface area (Å²) in [6.07, 6.45) is 0. The minimum atomic E-state index is -0.369. The van der Waals surface area contributed by atoms with Crippen LogP contribution in [0.2, 0.25) is 0 Å². The molecule has 1 heterocycles. The van der Waals surface area contributed by atoms with E-state index >= 15 is 0 Å². The van der Waals surface area contributed by atoms with Gasteiger partial charge in [0.05, 0.1) is 6.54 Å². The topological polar surface area (TPSA) is 52.7 Å². The van der Waals surface area contributed by atoms with Gasteiger partial charge >= 0.3 is 0 Å². The van der Waals surface area contributed by atoms with E-state index in [9.17, 15) is 9.59 Å². The van der Waals surface area contributed by atoms with Crippen LogP contribution in [-0.2, 0) is 9.59 Å². The van der Waals surface area contributed by atoms with Gasteiger partial charge in [-0.2, -0.15) is 0 Å². The summed E-state index contributed by atoms with van der Waals surface area (Å²) in [5, 5.41) is 4.45. The molecular formula is C12H18BrN3O2S. The van der Waals surface area contributed by atoms with E-state index in [-0.39, 0.29) is 24.4 Å². The van der Waals surface area contributed by atoms with Crippen molar-refractivity contribution in [1.82, 2.24) is 15.1 Å². The summed E-state index contributed by atoms with van der Waals surface area (Å²) in [6, 6.07) is 1.56. The first-order chi connectivity index (χ1) is 8.86. The maximum atomic E-state index is 12.4. The molecule has 19 heavy (non-hydrogen) atoms. The maximum Gasteiger partial charge on any atom is 0.245 e. The average molecular weight is 348 g/mol. The van der Waals surface area contributed by atoms with Crippen molar-refractivity contribution >= 4 is 39.1 Å². The van der Waals surface area contributed by atoms with Gasteiger partial charge in [-0.05, 0) is 36.1 Å². The Hall–Kier alpha value is -0.920. The Balaban J connectivity index is 2.88. The molecule has 7 heteroatoms. The Morgan fingerprint density at radius 1 is 1.42 bits per heavy atom. The van der Waals surface area contributed by atoms with Crippen LogP contribution >= 0.6 is 27.3 Å². The summed E-state index contributed by atoms with van der Waals surface area (Å²) >= 11 is 4.91. The summed E-state index contributed by atoms with van der Waals surface area (Å²) in [7, 11) is 6.89. The zero-order valence-corrected chi connectivity index (χ0v) is 13.8. The number of likely N-dealkylation sites (N-methyl/N-ethyl adjacent to an activating group) is 3. The van der Waals surface area contributed by atoms with Crippen molar-refractivity contribution in [3.05, 3.63) is 20.8 Å². The van der Waals surface area contributed by atoms with Crippen LogP contribution in [0, 0.1) is 0 Å². The lowest BCUT2D eigenvalue weighted by Crippen LogP contribution is -2.42. The summed E-state index contributed by atoms with van der Waals surface area (Å²) in [5.41, 5.74) is 0. The summed E-state index contributed by atoms with van der Waals surface area (Å²) < 4.78 is 0.959. The molecule has 0 saturated heterocycles. The number of thiophene rings is 1. The van der Waals surface area contributed by atoms with Crippen LogP contribution in [0.1, 0.15) is 10.9 Å². The molecule has 0 aromatic carbocycles. The third kappa shape index (κ3) is 4.29. The molecule has 1 aromatic heterocycles. The lowest BCUT2D eigenvalue weighted by molar-refractivity contribution is -0.138. The molecule has 0 aliphatic rings. The van der Waals surface area contributed by atoms with E-state index in [2.05, 4.69) is 21.2 Å². The fraction of sp³-hybridized carbons (Fsp3) is 0.500. The molecule has 1 unspecified atom stereocenters. The zero-order chi connectivity index (χ0) is 14.6. The lowest BCUT2D eigenvalue weighted by atomic mass is 10.2. The number of hydrogen-bond donors (Lipinski definition) is 1. The molecule has 1 N–H and O–H groups in total. The Labute approximate surface area is 125 Å². The fourth-order valence-electron chi connectivity index (χ4n) is 1.65. The highest BCUT2D eigenvalue weighted by Gasteiger charge is 2.28. The van der Waals surface area contributed by atoms with Crippen molar-refractivity contribution in [2.24, 2.45) is 0 Å². The van der Waals surface area contributed by atoms with E-state index in [1.807, 2.05) is 30.4 Å². The minimum Gasteiger partial charge on any atom is -0.358 e. The highest BCUT2D eigenvalue weighted by molar-refractivity contribution is 9.10. The van der Waals surface area contributed by atoms with E-state index in [1.165, 1.54) is 16.2 Å². The largest absolute Gasteiger partial charge is 0.358 e. The monoisotopic (exact) mass is 347 g/mol. The highest BCUT2D eigenvalue weighted by atomic mass is 79.9. The molecule has 0 aliphatic heterocycles. The van der Waals surface area contributed by atoms with Crippen LogP contribution in [0.5, 0.6) is 0 Å².